The van der Waals surface area contributed by atoms with Crippen LogP contribution in [0.3, 0.4) is 0 Å². The highest BCUT2D eigenvalue weighted by molar-refractivity contribution is 5.91. The summed E-state index contributed by atoms with van der Waals surface area (Å²) in [7, 11) is 1.59. The fourth-order valence-corrected chi connectivity index (χ4v) is 2.65. The van der Waals surface area contributed by atoms with Crippen LogP contribution < -0.4 is 10.1 Å². The van der Waals surface area contributed by atoms with Crippen LogP contribution in [0, 0.1) is 0 Å². The topological polar surface area (TPSA) is 50.8 Å². The van der Waals surface area contributed by atoms with Gasteiger partial charge in [0.1, 0.15) is 11.9 Å². The Labute approximate surface area is 135 Å². The molecule has 1 fully saturated rings. The van der Waals surface area contributed by atoms with E-state index in [0.717, 1.165) is 5.56 Å². The summed E-state index contributed by atoms with van der Waals surface area (Å²) >= 11 is 0. The van der Waals surface area contributed by atoms with Crippen LogP contribution in [0.1, 0.15) is 11.7 Å². The Morgan fingerprint density at radius 1 is 1.17 bits per heavy atom. The molecular formula is C18H20N2O3. The number of nitrogens with zero attached hydrogens (tertiary/aromatic N) is 1. The third-order valence-corrected chi connectivity index (χ3v) is 3.87. The molecule has 23 heavy (non-hydrogen) atoms. The van der Waals surface area contributed by atoms with Crippen molar-refractivity contribution < 1.29 is 14.3 Å². The van der Waals surface area contributed by atoms with Gasteiger partial charge in [0.25, 0.3) is 0 Å². The van der Waals surface area contributed by atoms with E-state index in [-0.39, 0.29) is 12.1 Å². The van der Waals surface area contributed by atoms with Crippen LogP contribution in [0.15, 0.2) is 54.6 Å². The number of hydrogen-bond donors (Lipinski definition) is 1. The lowest BCUT2D eigenvalue weighted by Crippen LogP contribution is -2.44. The van der Waals surface area contributed by atoms with Crippen molar-refractivity contribution in [2.24, 2.45) is 0 Å². The molecule has 0 unspecified atom stereocenters. The largest absolute Gasteiger partial charge is 0.495 e. The Hall–Kier alpha value is -2.53. The SMILES string of the molecule is COc1ccccc1NC(=O)N1CCO[C@@H](c2ccccc2)C1. The molecule has 5 nitrogen and oxygen atoms in total. The van der Waals surface area contributed by atoms with Crippen molar-refractivity contribution in [3.63, 3.8) is 0 Å². The Bertz CT molecular complexity index is 660. The van der Waals surface area contributed by atoms with Crippen molar-refractivity contribution in [2.75, 3.05) is 32.1 Å². The van der Waals surface area contributed by atoms with Crippen molar-refractivity contribution in [2.45, 2.75) is 6.10 Å². The Morgan fingerprint density at radius 3 is 2.70 bits per heavy atom. The average Bonchev–Trinajstić information content (AvgIpc) is 2.63. The third-order valence-electron chi connectivity index (χ3n) is 3.87. The predicted molar refractivity (Wildman–Crippen MR) is 88.7 cm³/mol. The zero-order valence-electron chi connectivity index (χ0n) is 13.1. The molecule has 3 rings (SSSR count). The fraction of sp³-hybridized carbons (Fsp3) is 0.278. The predicted octanol–water partition coefficient (Wildman–Crippen LogP) is 3.30. The van der Waals surface area contributed by atoms with Crippen LogP contribution in [-0.4, -0.2) is 37.7 Å². The van der Waals surface area contributed by atoms with Crippen LogP contribution in [0.4, 0.5) is 10.5 Å². The van der Waals surface area contributed by atoms with E-state index in [1.54, 1.807) is 12.0 Å². The normalized spacial score (nSPS) is 17.6. The summed E-state index contributed by atoms with van der Waals surface area (Å²) in [5.74, 6) is 0.647. The molecule has 1 saturated heterocycles. The van der Waals surface area contributed by atoms with Crippen molar-refractivity contribution >= 4 is 11.7 Å². The average molecular weight is 312 g/mol. The first-order chi connectivity index (χ1) is 11.3. The lowest BCUT2D eigenvalue weighted by Gasteiger charge is -2.33. The maximum atomic E-state index is 12.5. The zero-order chi connectivity index (χ0) is 16.1. The summed E-state index contributed by atoms with van der Waals surface area (Å²) in [4.78, 5) is 14.3. The Morgan fingerprint density at radius 2 is 1.91 bits per heavy atom. The van der Waals surface area contributed by atoms with Gasteiger partial charge in [0.05, 0.1) is 25.9 Å². The number of methoxy groups -OCH3 is 1. The zero-order valence-corrected chi connectivity index (χ0v) is 13.1. The van der Waals surface area contributed by atoms with E-state index in [0.29, 0.717) is 31.1 Å². The van der Waals surface area contributed by atoms with Crippen LogP contribution in [0.25, 0.3) is 0 Å². The summed E-state index contributed by atoms with van der Waals surface area (Å²) in [5, 5.41) is 2.91. The number of hydrogen-bond acceptors (Lipinski definition) is 3. The minimum absolute atomic E-state index is 0.0895. The molecule has 5 heteroatoms. The molecule has 1 heterocycles. The lowest BCUT2D eigenvalue weighted by atomic mass is 10.1. The second-order valence-corrected chi connectivity index (χ2v) is 5.35. The monoisotopic (exact) mass is 312 g/mol. The molecule has 0 spiro atoms. The van der Waals surface area contributed by atoms with Crippen molar-refractivity contribution in [1.82, 2.24) is 4.90 Å². The van der Waals surface area contributed by atoms with Crippen molar-refractivity contribution in [3.05, 3.63) is 60.2 Å². The number of carbonyl (C=O) groups is 1. The van der Waals surface area contributed by atoms with Gasteiger partial charge in [-0.25, -0.2) is 4.79 Å². The van der Waals surface area contributed by atoms with Crippen LogP contribution in [0.5, 0.6) is 5.75 Å². The van der Waals surface area contributed by atoms with Gasteiger partial charge >= 0.3 is 6.03 Å². The van der Waals surface area contributed by atoms with E-state index in [1.807, 2.05) is 54.6 Å². The quantitative estimate of drug-likeness (QED) is 0.946. The van der Waals surface area contributed by atoms with Gasteiger partial charge in [-0.15, -0.1) is 0 Å². The van der Waals surface area contributed by atoms with Gasteiger partial charge in [-0.1, -0.05) is 42.5 Å². The first-order valence-electron chi connectivity index (χ1n) is 7.63. The number of rotatable bonds is 3. The highest BCUT2D eigenvalue weighted by atomic mass is 16.5. The molecule has 2 amide bonds. The van der Waals surface area contributed by atoms with Gasteiger partial charge < -0.3 is 19.7 Å². The van der Waals surface area contributed by atoms with Gasteiger partial charge in [0, 0.05) is 6.54 Å². The summed E-state index contributed by atoms with van der Waals surface area (Å²) in [6.45, 7) is 1.63. The summed E-state index contributed by atoms with van der Waals surface area (Å²) in [6, 6.07) is 17.2. The number of anilines is 1. The summed E-state index contributed by atoms with van der Waals surface area (Å²) in [6.07, 6.45) is -0.0895. The lowest BCUT2D eigenvalue weighted by molar-refractivity contribution is -0.0135. The first-order valence-corrected chi connectivity index (χ1v) is 7.63. The molecule has 120 valence electrons. The van der Waals surface area contributed by atoms with E-state index in [9.17, 15) is 4.79 Å². The standard InChI is InChI=1S/C18H20N2O3/c1-22-16-10-6-5-9-15(16)19-18(21)20-11-12-23-17(13-20)14-7-3-2-4-8-14/h2-10,17H,11-13H2,1H3,(H,19,21)/t17-/m1/s1. The van der Waals surface area contributed by atoms with Crippen LogP contribution in [-0.2, 0) is 4.74 Å². The van der Waals surface area contributed by atoms with E-state index in [4.69, 9.17) is 9.47 Å². The van der Waals surface area contributed by atoms with Gasteiger partial charge in [-0.05, 0) is 17.7 Å². The molecule has 1 aliphatic heterocycles. The number of urea groups is 1. The highest BCUT2D eigenvalue weighted by Crippen LogP contribution is 2.25. The Balaban J connectivity index is 1.68. The maximum Gasteiger partial charge on any atom is 0.322 e. The number of amides is 2. The minimum atomic E-state index is -0.140. The van der Waals surface area contributed by atoms with E-state index in [2.05, 4.69) is 5.32 Å². The van der Waals surface area contributed by atoms with Crippen molar-refractivity contribution in [1.29, 1.82) is 0 Å². The summed E-state index contributed by atoms with van der Waals surface area (Å²) in [5.41, 5.74) is 1.75. The molecule has 1 atom stereocenters. The van der Waals surface area contributed by atoms with Gasteiger partial charge in [0.15, 0.2) is 0 Å². The molecule has 1 aliphatic rings. The molecule has 2 aromatic carbocycles. The third kappa shape index (κ3) is 3.63. The number of benzene rings is 2. The molecule has 0 aliphatic carbocycles. The number of nitrogens with one attached hydrogen (secondary N) is 1. The Kier molecular flexibility index (Phi) is 4.78. The van der Waals surface area contributed by atoms with Crippen molar-refractivity contribution in [3.8, 4) is 5.75 Å². The molecule has 1 N–H and O–H groups in total. The number of para-hydroxylation sites is 2. The van der Waals surface area contributed by atoms with E-state index in [1.165, 1.54) is 0 Å². The van der Waals surface area contributed by atoms with Crippen LogP contribution in [0.2, 0.25) is 0 Å². The van der Waals surface area contributed by atoms with Crippen LogP contribution >= 0.6 is 0 Å². The van der Waals surface area contributed by atoms with Gasteiger partial charge in [0.2, 0.25) is 0 Å². The summed E-state index contributed by atoms with van der Waals surface area (Å²) < 4.78 is 11.1. The van der Waals surface area contributed by atoms with Gasteiger partial charge in [-0.2, -0.15) is 0 Å². The molecular weight excluding hydrogens is 292 g/mol. The molecule has 0 saturated carbocycles. The first kappa shape index (κ1) is 15.4. The minimum Gasteiger partial charge on any atom is -0.495 e. The molecule has 2 aromatic rings. The molecule has 0 radical (unpaired) electrons. The number of carbonyl (C=O) groups excluding carboxylic acids is 1. The second kappa shape index (κ2) is 7.15. The second-order valence-electron chi connectivity index (χ2n) is 5.35. The smallest absolute Gasteiger partial charge is 0.322 e. The number of ether oxygens (including phenoxy) is 2. The highest BCUT2D eigenvalue weighted by Gasteiger charge is 2.25. The van der Waals surface area contributed by atoms with Gasteiger partial charge in [-0.3, -0.25) is 0 Å². The number of morpholine rings is 1. The maximum absolute atomic E-state index is 12.5. The molecule has 0 bridgehead atoms. The molecule has 0 aromatic heterocycles. The fourth-order valence-electron chi connectivity index (χ4n) is 2.65. The van der Waals surface area contributed by atoms with E-state index >= 15 is 0 Å². The van der Waals surface area contributed by atoms with E-state index < -0.39 is 0 Å².